The normalized spacial score (nSPS) is 49.0. The van der Waals surface area contributed by atoms with Crippen LogP contribution in [0.1, 0.15) is 53.4 Å². The molecule has 0 aromatic carbocycles. The summed E-state index contributed by atoms with van der Waals surface area (Å²) >= 11 is 0. The van der Waals surface area contributed by atoms with E-state index >= 15 is 0 Å². The second-order valence-corrected chi connectivity index (χ2v) is 6.65. The molecule has 15 heavy (non-hydrogen) atoms. The fraction of sp³-hybridized carbons (Fsp3) is 1.00. The molecule has 2 saturated carbocycles. The fourth-order valence-corrected chi connectivity index (χ4v) is 4.36. The van der Waals surface area contributed by atoms with Gasteiger partial charge in [-0.15, -0.1) is 0 Å². The van der Waals surface area contributed by atoms with Gasteiger partial charge in [-0.2, -0.15) is 0 Å². The molecule has 2 rings (SSSR count). The number of ether oxygens (including phenoxy) is 1. The first-order valence-corrected chi connectivity index (χ1v) is 6.46. The first kappa shape index (κ1) is 11.4. The number of fused-ring (bicyclic) bond motifs is 2. The summed E-state index contributed by atoms with van der Waals surface area (Å²) in [6.07, 6.45) is 5.35. The number of rotatable bonds is 1. The van der Waals surface area contributed by atoms with E-state index in [-0.39, 0.29) is 5.60 Å². The number of hydrogen-bond acceptors (Lipinski definition) is 1. The Kier molecular flexibility index (Phi) is 2.65. The van der Waals surface area contributed by atoms with Gasteiger partial charge in [-0.1, -0.05) is 20.8 Å². The predicted molar refractivity (Wildman–Crippen MR) is 63.8 cm³/mol. The molecule has 2 fully saturated rings. The van der Waals surface area contributed by atoms with Crippen molar-refractivity contribution in [2.75, 3.05) is 7.11 Å². The molecule has 2 aliphatic rings. The number of hydrogen-bond donors (Lipinski definition) is 0. The molecule has 1 heteroatoms. The van der Waals surface area contributed by atoms with Crippen molar-refractivity contribution in [1.82, 2.24) is 0 Å². The van der Waals surface area contributed by atoms with E-state index < -0.39 is 0 Å². The minimum atomic E-state index is 0.159. The van der Waals surface area contributed by atoms with Crippen molar-refractivity contribution in [2.24, 2.45) is 23.2 Å². The Balaban J connectivity index is 2.24. The summed E-state index contributed by atoms with van der Waals surface area (Å²) in [6, 6.07) is 0. The van der Waals surface area contributed by atoms with Crippen LogP contribution >= 0.6 is 0 Å². The molecule has 0 saturated heterocycles. The standard InChI is InChI=1S/C14H26O/c1-10-11-7-9-14(4,15-5)12(10)6-8-13(11,2)3/h10-12H,6-9H2,1-5H3. The molecule has 0 heterocycles. The van der Waals surface area contributed by atoms with Gasteiger partial charge in [-0.25, -0.2) is 0 Å². The van der Waals surface area contributed by atoms with Crippen LogP contribution in [0.2, 0.25) is 0 Å². The monoisotopic (exact) mass is 210 g/mol. The van der Waals surface area contributed by atoms with Crippen molar-refractivity contribution in [1.29, 1.82) is 0 Å². The van der Waals surface area contributed by atoms with Crippen LogP contribution in [0.5, 0.6) is 0 Å². The van der Waals surface area contributed by atoms with Gasteiger partial charge in [-0.05, 0) is 55.8 Å². The van der Waals surface area contributed by atoms with Crippen LogP contribution in [0.15, 0.2) is 0 Å². The lowest BCUT2D eigenvalue weighted by atomic mass is 9.51. The Bertz CT molecular complexity index is 246. The predicted octanol–water partition coefficient (Wildman–Crippen LogP) is 3.87. The number of methoxy groups -OCH3 is 1. The first-order valence-electron chi connectivity index (χ1n) is 6.46. The second kappa shape index (κ2) is 3.48. The van der Waals surface area contributed by atoms with Gasteiger partial charge in [0.15, 0.2) is 0 Å². The van der Waals surface area contributed by atoms with Gasteiger partial charge >= 0.3 is 0 Å². The lowest BCUT2D eigenvalue weighted by molar-refractivity contribution is -0.147. The maximum atomic E-state index is 5.80. The third-order valence-electron chi connectivity index (χ3n) is 5.58. The van der Waals surface area contributed by atoms with Crippen molar-refractivity contribution in [2.45, 2.75) is 59.0 Å². The third-order valence-corrected chi connectivity index (χ3v) is 5.58. The van der Waals surface area contributed by atoms with E-state index in [1.165, 1.54) is 25.7 Å². The van der Waals surface area contributed by atoms with E-state index in [9.17, 15) is 0 Å². The quantitative estimate of drug-likeness (QED) is 0.638. The van der Waals surface area contributed by atoms with Crippen LogP contribution in [0.3, 0.4) is 0 Å². The molecular weight excluding hydrogens is 184 g/mol. The van der Waals surface area contributed by atoms with E-state index in [2.05, 4.69) is 27.7 Å². The highest BCUT2D eigenvalue weighted by Crippen LogP contribution is 2.56. The van der Waals surface area contributed by atoms with Crippen molar-refractivity contribution >= 4 is 0 Å². The molecule has 0 spiro atoms. The average Bonchev–Trinajstić information content (AvgIpc) is 2.15. The van der Waals surface area contributed by atoms with Crippen LogP contribution < -0.4 is 0 Å². The molecule has 88 valence electrons. The van der Waals surface area contributed by atoms with Gasteiger partial charge in [0.05, 0.1) is 5.60 Å². The minimum Gasteiger partial charge on any atom is -0.378 e. The van der Waals surface area contributed by atoms with E-state index in [0.29, 0.717) is 5.41 Å². The van der Waals surface area contributed by atoms with Gasteiger partial charge in [0.25, 0.3) is 0 Å². The van der Waals surface area contributed by atoms with Crippen LogP contribution in [0, 0.1) is 23.2 Å². The summed E-state index contributed by atoms with van der Waals surface area (Å²) in [5.41, 5.74) is 0.720. The summed E-state index contributed by atoms with van der Waals surface area (Å²) in [7, 11) is 1.90. The molecular formula is C14H26O. The molecule has 2 bridgehead atoms. The van der Waals surface area contributed by atoms with Gasteiger partial charge in [0.1, 0.15) is 0 Å². The Morgan fingerprint density at radius 3 is 2.20 bits per heavy atom. The van der Waals surface area contributed by atoms with Crippen molar-refractivity contribution < 1.29 is 4.74 Å². The van der Waals surface area contributed by atoms with Gasteiger partial charge in [0, 0.05) is 7.11 Å². The molecule has 0 radical (unpaired) electrons. The zero-order chi connectivity index (χ0) is 11.3. The average molecular weight is 210 g/mol. The molecule has 2 aliphatic carbocycles. The van der Waals surface area contributed by atoms with Crippen molar-refractivity contribution in [3.63, 3.8) is 0 Å². The fourth-order valence-electron chi connectivity index (χ4n) is 4.36. The van der Waals surface area contributed by atoms with E-state index in [1.807, 2.05) is 7.11 Å². The summed E-state index contributed by atoms with van der Waals surface area (Å²) in [6.45, 7) is 9.69. The zero-order valence-corrected chi connectivity index (χ0v) is 11.0. The van der Waals surface area contributed by atoms with Crippen LogP contribution in [0.4, 0.5) is 0 Å². The van der Waals surface area contributed by atoms with E-state index in [1.54, 1.807) is 0 Å². The van der Waals surface area contributed by atoms with Gasteiger partial charge in [-0.3, -0.25) is 0 Å². The van der Waals surface area contributed by atoms with Crippen molar-refractivity contribution in [3.05, 3.63) is 0 Å². The lowest BCUT2D eigenvalue weighted by Gasteiger charge is -2.56. The maximum absolute atomic E-state index is 5.80. The molecule has 0 aromatic heterocycles. The minimum absolute atomic E-state index is 0.159. The summed E-state index contributed by atoms with van der Waals surface area (Å²) in [4.78, 5) is 0. The molecule has 4 atom stereocenters. The van der Waals surface area contributed by atoms with Gasteiger partial charge in [0.2, 0.25) is 0 Å². The SMILES string of the molecule is COC1(C)CCC2C(C)C1CCC2(C)C. The zero-order valence-electron chi connectivity index (χ0n) is 11.0. The highest BCUT2D eigenvalue weighted by Gasteiger charge is 2.52. The highest BCUT2D eigenvalue weighted by molar-refractivity contribution is 5.02. The second-order valence-electron chi connectivity index (χ2n) is 6.65. The van der Waals surface area contributed by atoms with Crippen LogP contribution in [-0.2, 0) is 4.74 Å². The lowest BCUT2D eigenvalue weighted by Crippen LogP contribution is -2.53. The Morgan fingerprint density at radius 1 is 1.00 bits per heavy atom. The maximum Gasteiger partial charge on any atom is 0.0681 e. The van der Waals surface area contributed by atoms with Crippen molar-refractivity contribution in [3.8, 4) is 0 Å². The summed E-state index contributed by atoms with van der Waals surface area (Å²) in [5, 5.41) is 0. The summed E-state index contributed by atoms with van der Waals surface area (Å²) in [5.74, 6) is 2.54. The largest absolute Gasteiger partial charge is 0.378 e. The summed E-state index contributed by atoms with van der Waals surface area (Å²) < 4.78 is 5.80. The topological polar surface area (TPSA) is 9.23 Å². The third kappa shape index (κ3) is 1.63. The Hall–Kier alpha value is -0.0400. The van der Waals surface area contributed by atoms with E-state index in [0.717, 1.165) is 17.8 Å². The smallest absolute Gasteiger partial charge is 0.0681 e. The molecule has 4 unspecified atom stereocenters. The first-order chi connectivity index (χ1) is 6.91. The molecule has 0 aliphatic heterocycles. The Morgan fingerprint density at radius 2 is 1.60 bits per heavy atom. The molecule has 0 amide bonds. The molecule has 0 N–H and O–H groups in total. The van der Waals surface area contributed by atoms with Gasteiger partial charge < -0.3 is 4.74 Å². The highest BCUT2D eigenvalue weighted by atomic mass is 16.5. The molecule has 1 nitrogen and oxygen atoms in total. The van der Waals surface area contributed by atoms with Crippen LogP contribution in [-0.4, -0.2) is 12.7 Å². The van der Waals surface area contributed by atoms with Crippen LogP contribution in [0.25, 0.3) is 0 Å². The molecule has 0 aromatic rings. The van der Waals surface area contributed by atoms with E-state index in [4.69, 9.17) is 4.74 Å². The Labute approximate surface area is 94.6 Å².